The van der Waals surface area contributed by atoms with E-state index in [1.54, 1.807) is 42.7 Å². The summed E-state index contributed by atoms with van der Waals surface area (Å²) in [6, 6.07) is 4.27. The molecule has 3 amide bonds. The van der Waals surface area contributed by atoms with Gasteiger partial charge in [0.1, 0.15) is 12.2 Å². The normalized spacial score (nSPS) is 21.1. The average Bonchev–Trinajstić information content (AvgIpc) is 2.83. The molecule has 2 atom stereocenters. The Morgan fingerprint density at radius 1 is 1.14 bits per heavy atom. The minimum atomic E-state index is -0.637. The van der Waals surface area contributed by atoms with Gasteiger partial charge in [0.2, 0.25) is 0 Å². The third-order valence-electron chi connectivity index (χ3n) is 6.37. The highest BCUT2D eigenvalue weighted by Gasteiger charge is 2.45. The molecule has 0 aliphatic carbocycles. The van der Waals surface area contributed by atoms with Crippen molar-refractivity contribution >= 4 is 23.8 Å². The fourth-order valence-corrected chi connectivity index (χ4v) is 4.81. The van der Waals surface area contributed by atoms with E-state index in [2.05, 4.69) is 17.2 Å². The van der Waals surface area contributed by atoms with Crippen molar-refractivity contribution in [3.63, 3.8) is 0 Å². The zero-order chi connectivity index (χ0) is 27.3. The van der Waals surface area contributed by atoms with Crippen molar-refractivity contribution in [3.8, 4) is 0 Å². The monoisotopic (exact) mass is 517 g/mol. The zero-order valence-electron chi connectivity index (χ0n) is 21.7. The molecule has 2 unspecified atom stereocenters. The number of rotatable bonds is 7. The minimum absolute atomic E-state index is 0.103. The summed E-state index contributed by atoms with van der Waals surface area (Å²) >= 11 is 0. The van der Waals surface area contributed by atoms with Crippen LogP contribution in [0.1, 0.15) is 36.7 Å². The van der Waals surface area contributed by atoms with Crippen LogP contribution in [0, 0.1) is 22.0 Å². The zero-order valence-corrected chi connectivity index (χ0v) is 21.7. The van der Waals surface area contributed by atoms with Crippen molar-refractivity contribution in [2.75, 3.05) is 39.8 Å². The first-order valence-corrected chi connectivity index (χ1v) is 12.2. The number of amides is 3. The highest BCUT2D eigenvalue weighted by molar-refractivity contribution is 5.94. The lowest BCUT2D eigenvalue weighted by Gasteiger charge is -2.50. The second-order valence-electron chi connectivity index (χ2n) is 10.3. The predicted molar refractivity (Wildman–Crippen MR) is 135 cm³/mol. The molecule has 0 radical (unpaired) electrons. The van der Waals surface area contributed by atoms with E-state index in [0.29, 0.717) is 31.7 Å². The Labute approximate surface area is 216 Å². The molecule has 2 aliphatic heterocycles. The van der Waals surface area contributed by atoms with Gasteiger partial charge in [-0.15, -0.1) is 0 Å². The van der Waals surface area contributed by atoms with Gasteiger partial charge in [-0.2, -0.15) is 0 Å². The molecule has 202 valence electrons. The van der Waals surface area contributed by atoms with Crippen LogP contribution in [0.15, 0.2) is 30.9 Å². The highest BCUT2D eigenvalue weighted by atomic mass is 16.6. The number of likely N-dealkylation sites (tertiary alicyclic amines) is 2. The summed E-state index contributed by atoms with van der Waals surface area (Å²) in [5.74, 6) is -0.712. The Hall–Kier alpha value is -3.67. The maximum absolute atomic E-state index is 12.8. The molecule has 3 rings (SSSR count). The van der Waals surface area contributed by atoms with Crippen molar-refractivity contribution in [2.24, 2.45) is 11.8 Å². The van der Waals surface area contributed by atoms with Gasteiger partial charge in [-0.1, -0.05) is 18.7 Å². The van der Waals surface area contributed by atoms with Crippen molar-refractivity contribution in [3.05, 3.63) is 52.1 Å². The predicted octanol–water partition coefficient (Wildman–Crippen LogP) is 2.53. The summed E-state index contributed by atoms with van der Waals surface area (Å²) in [6.07, 6.45) is 0.642. The lowest BCUT2D eigenvalue weighted by Crippen LogP contribution is -2.65. The molecular weight excluding hydrogens is 482 g/mol. The van der Waals surface area contributed by atoms with Gasteiger partial charge >= 0.3 is 12.2 Å². The SMILES string of the molecule is C=CCOC(=O)N1CC2CN(C(=O)OC(C)(C)C)CC(C1)C2NCc1ccc(C(=O)NC)cc1[N+](=O)[O-]. The van der Waals surface area contributed by atoms with Crippen LogP contribution in [-0.2, 0) is 16.0 Å². The lowest BCUT2D eigenvalue weighted by atomic mass is 9.79. The number of fused-ring (bicyclic) bond motifs is 2. The second kappa shape index (κ2) is 11.6. The van der Waals surface area contributed by atoms with Crippen LogP contribution >= 0.6 is 0 Å². The van der Waals surface area contributed by atoms with E-state index in [9.17, 15) is 24.5 Å². The first-order chi connectivity index (χ1) is 17.4. The van der Waals surface area contributed by atoms with E-state index >= 15 is 0 Å². The molecule has 2 N–H and O–H groups in total. The lowest BCUT2D eigenvalue weighted by molar-refractivity contribution is -0.385. The molecule has 1 aromatic rings. The Balaban J connectivity index is 1.78. The van der Waals surface area contributed by atoms with Crippen molar-refractivity contribution in [1.82, 2.24) is 20.4 Å². The Kier molecular flexibility index (Phi) is 8.74. The molecule has 2 fully saturated rings. The number of nitro benzene ring substituents is 1. The number of nitrogens with one attached hydrogen (secondary N) is 2. The van der Waals surface area contributed by atoms with Gasteiger partial charge < -0.3 is 29.9 Å². The molecule has 0 spiro atoms. The summed E-state index contributed by atoms with van der Waals surface area (Å²) in [6.45, 7) is 10.7. The maximum Gasteiger partial charge on any atom is 0.410 e. The van der Waals surface area contributed by atoms with E-state index < -0.39 is 28.6 Å². The fourth-order valence-electron chi connectivity index (χ4n) is 4.81. The molecule has 2 saturated heterocycles. The van der Waals surface area contributed by atoms with E-state index in [1.165, 1.54) is 19.2 Å². The van der Waals surface area contributed by atoms with Crippen molar-refractivity contribution < 1.29 is 28.8 Å². The van der Waals surface area contributed by atoms with Gasteiger partial charge in [0.15, 0.2) is 0 Å². The number of hydrogen-bond donors (Lipinski definition) is 2. The van der Waals surface area contributed by atoms with Crippen molar-refractivity contribution in [2.45, 2.75) is 39.0 Å². The third-order valence-corrected chi connectivity index (χ3v) is 6.37. The molecule has 12 nitrogen and oxygen atoms in total. The number of ether oxygens (including phenoxy) is 2. The summed E-state index contributed by atoms with van der Waals surface area (Å²) in [7, 11) is 1.46. The quantitative estimate of drug-likeness (QED) is 0.319. The molecule has 0 aromatic heterocycles. The standard InChI is InChI=1S/C25H35N5O7/c1-6-9-36-23(32)28-12-18-14-29(24(33)37-25(2,3)4)15-19(13-28)21(18)27-11-17-8-7-16(22(31)26-5)10-20(17)30(34)35/h6-8,10,18-19,21,27H,1,9,11-15H2,2-5H3,(H,26,31). The summed E-state index contributed by atoms with van der Waals surface area (Å²) < 4.78 is 10.8. The molecule has 2 aliphatic rings. The van der Waals surface area contributed by atoms with E-state index in [1.807, 2.05) is 0 Å². The first kappa shape index (κ1) is 27.9. The van der Waals surface area contributed by atoms with Crippen LogP contribution in [0.3, 0.4) is 0 Å². The van der Waals surface area contributed by atoms with E-state index in [0.717, 1.165) is 0 Å². The van der Waals surface area contributed by atoms with Gasteiger partial charge in [0.05, 0.1) is 4.92 Å². The summed E-state index contributed by atoms with van der Waals surface area (Å²) in [5, 5.41) is 17.6. The van der Waals surface area contributed by atoms with Crippen LogP contribution in [0.25, 0.3) is 0 Å². The van der Waals surface area contributed by atoms with Crippen LogP contribution in [0.2, 0.25) is 0 Å². The second-order valence-corrected chi connectivity index (χ2v) is 10.3. The average molecular weight is 518 g/mol. The number of hydrogen-bond acceptors (Lipinski definition) is 8. The Bertz CT molecular complexity index is 1040. The van der Waals surface area contributed by atoms with Crippen molar-refractivity contribution in [1.29, 1.82) is 0 Å². The van der Waals surface area contributed by atoms with Gasteiger partial charge in [-0.3, -0.25) is 14.9 Å². The molecule has 1 aromatic carbocycles. The largest absolute Gasteiger partial charge is 0.445 e. The number of nitrogens with zero attached hydrogens (tertiary/aromatic N) is 3. The number of carbonyl (C=O) groups is 3. The fraction of sp³-hybridized carbons (Fsp3) is 0.560. The topological polar surface area (TPSA) is 143 Å². The molecular formula is C25H35N5O7. The van der Waals surface area contributed by atoms with Gasteiger partial charge in [0, 0.05) is 74.8 Å². The minimum Gasteiger partial charge on any atom is -0.445 e. The van der Waals surface area contributed by atoms with Crippen LogP contribution in [-0.4, -0.2) is 84.3 Å². The Morgan fingerprint density at radius 2 is 1.73 bits per heavy atom. The molecule has 2 bridgehead atoms. The van der Waals surface area contributed by atoms with Gasteiger partial charge in [-0.25, -0.2) is 9.59 Å². The maximum atomic E-state index is 12.8. The molecule has 37 heavy (non-hydrogen) atoms. The molecule has 12 heteroatoms. The third kappa shape index (κ3) is 6.97. The molecule has 2 heterocycles. The number of piperidine rings is 2. The van der Waals surface area contributed by atoms with Crippen LogP contribution in [0.5, 0.6) is 0 Å². The Morgan fingerprint density at radius 3 is 2.24 bits per heavy atom. The van der Waals surface area contributed by atoms with Gasteiger partial charge in [0.25, 0.3) is 11.6 Å². The first-order valence-electron chi connectivity index (χ1n) is 12.2. The number of benzene rings is 1. The number of nitro groups is 1. The van der Waals surface area contributed by atoms with E-state index in [-0.39, 0.29) is 42.3 Å². The number of carbonyl (C=O) groups excluding carboxylic acids is 3. The molecule has 0 saturated carbocycles. The summed E-state index contributed by atoms with van der Waals surface area (Å²) in [5.41, 5.74) is -0.150. The van der Waals surface area contributed by atoms with Crippen LogP contribution in [0.4, 0.5) is 15.3 Å². The highest BCUT2D eigenvalue weighted by Crippen LogP contribution is 2.31. The smallest absolute Gasteiger partial charge is 0.410 e. The van der Waals surface area contributed by atoms with E-state index in [4.69, 9.17) is 9.47 Å². The summed E-state index contributed by atoms with van der Waals surface area (Å²) in [4.78, 5) is 51.7. The van der Waals surface area contributed by atoms with Gasteiger partial charge in [-0.05, 0) is 26.8 Å². The van der Waals surface area contributed by atoms with Crippen LogP contribution < -0.4 is 10.6 Å².